The topological polar surface area (TPSA) is 63.6 Å². The van der Waals surface area contributed by atoms with E-state index >= 15 is 0 Å². The Labute approximate surface area is 178 Å². The van der Waals surface area contributed by atoms with Crippen LogP contribution in [0.2, 0.25) is 0 Å². The fourth-order valence-electron chi connectivity index (χ4n) is 4.17. The highest BCUT2D eigenvalue weighted by Gasteiger charge is 2.36. The normalized spacial score (nSPS) is 19.5. The SMILES string of the molecule is CCCCCCCCCCCC/C=C/CCCOC(=O)C1CCCCC1C(=O)O. The van der Waals surface area contributed by atoms with E-state index in [0.29, 0.717) is 19.4 Å². The number of carboxylic acid groups (broad SMARTS) is 1. The van der Waals surface area contributed by atoms with E-state index in [1.807, 2.05) is 0 Å². The summed E-state index contributed by atoms with van der Waals surface area (Å²) >= 11 is 0. The van der Waals surface area contributed by atoms with E-state index in [4.69, 9.17) is 4.74 Å². The van der Waals surface area contributed by atoms with Crippen LogP contribution in [0.1, 0.15) is 116 Å². The second-order valence-corrected chi connectivity index (χ2v) is 8.59. The van der Waals surface area contributed by atoms with Crippen LogP contribution in [0.4, 0.5) is 0 Å². The number of ether oxygens (including phenoxy) is 1. The summed E-state index contributed by atoms with van der Waals surface area (Å²) in [7, 11) is 0. The molecular formula is C25H44O4. The molecule has 1 saturated carbocycles. The molecule has 1 fully saturated rings. The zero-order valence-electron chi connectivity index (χ0n) is 18.7. The van der Waals surface area contributed by atoms with Crippen LogP contribution in [-0.2, 0) is 14.3 Å². The number of hydrogen-bond acceptors (Lipinski definition) is 3. The minimum absolute atomic E-state index is 0.313. The van der Waals surface area contributed by atoms with Gasteiger partial charge in [-0.15, -0.1) is 0 Å². The number of unbranched alkanes of at least 4 members (excludes halogenated alkanes) is 11. The average Bonchev–Trinajstić information content (AvgIpc) is 2.73. The average molecular weight is 409 g/mol. The van der Waals surface area contributed by atoms with Gasteiger partial charge in [-0.3, -0.25) is 9.59 Å². The van der Waals surface area contributed by atoms with Gasteiger partial charge in [0.2, 0.25) is 0 Å². The van der Waals surface area contributed by atoms with Gasteiger partial charge in [-0.2, -0.15) is 0 Å². The van der Waals surface area contributed by atoms with Crippen LogP contribution in [0.15, 0.2) is 12.2 Å². The van der Waals surface area contributed by atoms with Crippen LogP contribution >= 0.6 is 0 Å². The molecule has 4 nitrogen and oxygen atoms in total. The molecule has 0 heterocycles. The Morgan fingerprint density at radius 2 is 1.31 bits per heavy atom. The van der Waals surface area contributed by atoms with Crippen LogP contribution in [-0.4, -0.2) is 23.7 Å². The fourth-order valence-corrected chi connectivity index (χ4v) is 4.17. The van der Waals surface area contributed by atoms with Crippen molar-refractivity contribution in [2.45, 2.75) is 116 Å². The Bertz CT molecular complexity index is 458. The third kappa shape index (κ3) is 12.8. The minimum Gasteiger partial charge on any atom is -0.481 e. The van der Waals surface area contributed by atoms with Gasteiger partial charge in [0.15, 0.2) is 0 Å². The number of allylic oxidation sites excluding steroid dienone is 2. The first-order chi connectivity index (χ1) is 14.2. The predicted octanol–water partition coefficient (Wildman–Crippen LogP) is 7.07. The van der Waals surface area contributed by atoms with E-state index in [-0.39, 0.29) is 5.97 Å². The lowest BCUT2D eigenvalue weighted by molar-refractivity contribution is -0.159. The molecule has 4 heteroatoms. The molecule has 1 N–H and O–H groups in total. The second-order valence-electron chi connectivity index (χ2n) is 8.59. The van der Waals surface area contributed by atoms with E-state index in [9.17, 15) is 14.7 Å². The fraction of sp³-hybridized carbons (Fsp3) is 0.840. The summed E-state index contributed by atoms with van der Waals surface area (Å²) in [6.07, 6.45) is 24.0. The van der Waals surface area contributed by atoms with E-state index in [2.05, 4.69) is 19.1 Å². The standard InChI is InChI=1S/C25H44O4/c1-2-3-4-5-6-7-8-9-10-11-12-13-14-15-18-21-29-25(28)23-20-17-16-19-22(23)24(26)27/h13-14,22-23H,2-12,15-21H2,1H3,(H,26,27)/b14-13+. The largest absolute Gasteiger partial charge is 0.481 e. The molecule has 2 unspecified atom stereocenters. The molecule has 1 aliphatic rings. The maximum absolute atomic E-state index is 12.2. The van der Waals surface area contributed by atoms with Crippen LogP contribution in [0.3, 0.4) is 0 Å². The molecule has 0 spiro atoms. The molecule has 0 saturated heterocycles. The first-order valence-electron chi connectivity index (χ1n) is 12.2. The van der Waals surface area contributed by atoms with Crippen LogP contribution in [0, 0.1) is 11.8 Å². The molecule has 0 amide bonds. The number of carbonyl (C=O) groups is 2. The van der Waals surface area contributed by atoms with Gasteiger partial charge in [0, 0.05) is 0 Å². The molecule has 0 aliphatic heterocycles. The molecule has 0 aromatic heterocycles. The summed E-state index contributed by atoms with van der Waals surface area (Å²) in [5.74, 6) is -2.18. The molecule has 2 atom stereocenters. The van der Waals surface area contributed by atoms with Crippen LogP contribution in [0.5, 0.6) is 0 Å². The van der Waals surface area contributed by atoms with Crippen molar-refractivity contribution in [3.05, 3.63) is 12.2 Å². The summed E-state index contributed by atoms with van der Waals surface area (Å²) in [6.45, 7) is 2.66. The molecular weight excluding hydrogens is 364 g/mol. The van der Waals surface area contributed by atoms with Gasteiger partial charge in [0.25, 0.3) is 0 Å². The Morgan fingerprint density at radius 3 is 1.90 bits per heavy atom. The van der Waals surface area contributed by atoms with Crippen LogP contribution in [0.25, 0.3) is 0 Å². The van der Waals surface area contributed by atoms with Gasteiger partial charge in [-0.05, 0) is 38.5 Å². The Morgan fingerprint density at radius 1 is 0.793 bits per heavy atom. The summed E-state index contributed by atoms with van der Waals surface area (Å²) in [4.78, 5) is 23.4. The number of carbonyl (C=O) groups excluding carboxylic acids is 1. The highest BCUT2D eigenvalue weighted by atomic mass is 16.5. The van der Waals surface area contributed by atoms with Crippen molar-refractivity contribution in [3.63, 3.8) is 0 Å². The van der Waals surface area contributed by atoms with Gasteiger partial charge in [0.1, 0.15) is 0 Å². The number of aliphatic carboxylic acids is 1. The predicted molar refractivity (Wildman–Crippen MR) is 119 cm³/mol. The Kier molecular flexibility index (Phi) is 15.5. The van der Waals surface area contributed by atoms with Crippen molar-refractivity contribution in [2.24, 2.45) is 11.8 Å². The highest BCUT2D eigenvalue weighted by molar-refractivity contribution is 5.81. The van der Waals surface area contributed by atoms with E-state index in [0.717, 1.165) is 32.1 Å². The Balaban J connectivity index is 1.92. The van der Waals surface area contributed by atoms with E-state index in [1.165, 1.54) is 64.2 Å². The summed E-state index contributed by atoms with van der Waals surface area (Å²) in [6, 6.07) is 0. The zero-order chi connectivity index (χ0) is 21.2. The van der Waals surface area contributed by atoms with Crippen molar-refractivity contribution in [1.29, 1.82) is 0 Å². The van der Waals surface area contributed by atoms with E-state index < -0.39 is 17.8 Å². The first kappa shape index (κ1) is 25.7. The van der Waals surface area contributed by atoms with E-state index in [1.54, 1.807) is 0 Å². The van der Waals surface area contributed by atoms with Crippen molar-refractivity contribution in [1.82, 2.24) is 0 Å². The quantitative estimate of drug-likeness (QED) is 0.159. The molecule has 0 aromatic carbocycles. The van der Waals surface area contributed by atoms with Gasteiger partial charge in [-0.1, -0.05) is 89.7 Å². The van der Waals surface area contributed by atoms with Gasteiger partial charge in [-0.25, -0.2) is 0 Å². The maximum atomic E-state index is 12.2. The third-order valence-corrected chi connectivity index (χ3v) is 6.04. The Hall–Kier alpha value is -1.32. The molecule has 0 aromatic rings. The third-order valence-electron chi connectivity index (χ3n) is 6.04. The van der Waals surface area contributed by atoms with Gasteiger partial charge >= 0.3 is 11.9 Å². The molecule has 168 valence electrons. The molecule has 1 rings (SSSR count). The lowest BCUT2D eigenvalue weighted by Crippen LogP contribution is -2.33. The lowest BCUT2D eigenvalue weighted by Gasteiger charge is -2.26. The van der Waals surface area contributed by atoms with Crippen molar-refractivity contribution in [2.75, 3.05) is 6.61 Å². The second kappa shape index (κ2) is 17.5. The molecule has 29 heavy (non-hydrogen) atoms. The highest BCUT2D eigenvalue weighted by Crippen LogP contribution is 2.31. The lowest BCUT2D eigenvalue weighted by atomic mass is 9.79. The smallest absolute Gasteiger partial charge is 0.309 e. The molecule has 0 radical (unpaired) electrons. The number of esters is 1. The maximum Gasteiger partial charge on any atom is 0.309 e. The van der Waals surface area contributed by atoms with Gasteiger partial charge < -0.3 is 9.84 Å². The molecule has 1 aliphatic carbocycles. The van der Waals surface area contributed by atoms with Crippen molar-refractivity contribution in [3.8, 4) is 0 Å². The summed E-state index contributed by atoms with van der Waals surface area (Å²) in [5, 5.41) is 9.25. The molecule has 0 bridgehead atoms. The van der Waals surface area contributed by atoms with Crippen molar-refractivity contribution < 1.29 is 19.4 Å². The first-order valence-corrected chi connectivity index (χ1v) is 12.2. The monoisotopic (exact) mass is 408 g/mol. The number of hydrogen-bond donors (Lipinski definition) is 1. The zero-order valence-corrected chi connectivity index (χ0v) is 18.7. The summed E-state index contributed by atoms with van der Waals surface area (Å²) < 4.78 is 5.34. The summed E-state index contributed by atoms with van der Waals surface area (Å²) in [5.41, 5.74) is 0. The minimum atomic E-state index is -0.860. The number of carboxylic acids is 1. The van der Waals surface area contributed by atoms with Gasteiger partial charge in [0.05, 0.1) is 18.4 Å². The van der Waals surface area contributed by atoms with Crippen LogP contribution < -0.4 is 0 Å². The van der Waals surface area contributed by atoms with Crippen molar-refractivity contribution >= 4 is 11.9 Å². The number of rotatable bonds is 17.